The van der Waals surface area contributed by atoms with Crippen LogP contribution in [0.25, 0.3) is 0 Å². The molecule has 7 atom stereocenters. The molecule has 0 unspecified atom stereocenters. The van der Waals surface area contributed by atoms with Crippen LogP contribution in [0.4, 0.5) is 0 Å². The first-order valence-corrected chi connectivity index (χ1v) is 16.5. The third-order valence-corrected chi connectivity index (χ3v) is 11.7. The smallest absolute Gasteiger partial charge is 0.326 e. The third-order valence-electron chi connectivity index (χ3n) is 11.7. The van der Waals surface area contributed by atoms with Crippen molar-refractivity contribution in [2.24, 2.45) is 28.6 Å². The number of ketones is 2. The lowest BCUT2D eigenvalue weighted by Gasteiger charge is -2.59. The van der Waals surface area contributed by atoms with Gasteiger partial charge in [0.15, 0.2) is 18.0 Å². The molecule has 3 saturated carbocycles. The summed E-state index contributed by atoms with van der Waals surface area (Å²) >= 11 is 0. The van der Waals surface area contributed by atoms with Crippen molar-refractivity contribution in [3.05, 3.63) is 47.5 Å². The number of rotatable bonds is 11. The lowest BCUT2D eigenvalue weighted by Crippen LogP contribution is -2.59. The first-order valence-electron chi connectivity index (χ1n) is 16.5. The average molecular weight is 636 g/mol. The zero-order chi connectivity index (χ0) is 33.3. The summed E-state index contributed by atoms with van der Waals surface area (Å²) < 4.78 is 11.3. The molecule has 0 spiro atoms. The minimum Gasteiger partial charge on any atom is -0.480 e. The molecular formula is C36H45NO9. The van der Waals surface area contributed by atoms with Crippen molar-refractivity contribution in [2.45, 2.75) is 103 Å². The number of carboxylic acid groups (broad SMARTS) is 1. The number of carbonyl (C=O) groups excluding carboxylic acids is 5. The number of aliphatic carboxylic acids is 1. The van der Waals surface area contributed by atoms with Gasteiger partial charge in [-0.15, -0.1) is 0 Å². The Hall–Kier alpha value is -3.82. The quantitative estimate of drug-likeness (QED) is 0.334. The third kappa shape index (κ3) is 6.27. The highest BCUT2D eigenvalue weighted by molar-refractivity contribution is 5.94. The van der Waals surface area contributed by atoms with E-state index in [0.717, 1.165) is 31.2 Å². The van der Waals surface area contributed by atoms with E-state index in [1.54, 1.807) is 24.3 Å². The highest BCUT2D eigenvalue weighted by Gasteiger charge is 2.68. The van der Waals surface area contributed by atoms with Crippen molar-refractivity contribution in [1.82, 2.24) is 5.32 Å². The van der Waals surface area contributed by atoms with Crippen LogP contribution in [0.1, 0.15) is 90.5 Å². The Balaban J connectivity index is 1.21. The van der Waals surface area contributed by atoms with Crippen LogP contribution in [-0.4, -0.2) is 58.7 Å². The van der Waals surface area contributed by atoms with E-state index in [2.05, 4.69) is 12.2 Å². The number of ether oxygens (including phenoxy) is 2. The first kappa shape index (κ1) is 33.5. The van der Waals surface area contributed by atoms with E-state index in [-0.39, 0.29) is 36.4 Å². The molecule has 1 aromatic carbocycles. The van der Waals surface area contributed by atoms with E-state index in [1.807, 2.05) is 19.1 Å². The number of amides is 1. The summed E-state index contributed by atoms with van der Waals surface area (Å²) in [6, 6.07) is 7.74. The molecule has 248 valence electrons. The van der Waals surface area contributed by atoms with Gasteiger partial charge in [0, 0.05) is 31.6 Å². The molecule has 5 rings (SSSR count). The number of allylic oxidation sites excluding steroid dienone is 1. The standard InChI is InChI=1S/C36H45NO9/c1-22(38)46-36(18-15-28-26-10-9-24-20-25(39)13-16-34(24,2)27(26)14-17-35(28,36)3)30(40)21-45-32(42)12-11-31(41)37-29(33(43)44)19-23-7-5-4-6-8-23/h4-8,20,26-29H,9-19,21H2,1-3H3,(H,37,41)(H,43,44)/t26-,27+,28+,29+,34+,35+,36+/m1/s1. The highest BCUT2D eigenvalue weighted by atomic mass is 16.6. The molecule has 4 aliphatic carbocycles. The molecule has 10 heteroatoms. The van der Waals surface area contributed by atoms with Gasteiger partial charge in [0.1, 0.15) is 6.04 Å². The number of Topliss-reactive ketones (excluding diaryl/α,β-unsaturated/α-hetero) is 1. The molecule has 1 aromatic rings. The van der Waals surface area contributed by atoms with E-state index in [4.69, 9.17) is 9.47 Å². The summed E-state index contributed by atoms with van der Waals surface area (Å²) in [6.07, 6.45) is 7.10. The monoisotopic (exact) mass is 635 g/mol. The van der Waals surface area contributed by atoms with Crippen LogP contribution in [0.3, 0.4) is 0 Å². The molecule has 4 aliphatic rings. The lowest BCUT2D eigenvalue weighted by atomic mass is 9.46. The van der Waals surface area contributed by atoms with Gasteiger partial charge in [-0.25, -0.2) is 4.79 Å². The topological polar surface area (TPSA) is 153 Å². The zero-order valence-electron chi connectivity index (χ0n) is 27.0. The summed E-state index contributed by atoms with van der Waals surface area (Å²) in [7, 11) is 0. The molecule has 0 saturated heterocycles. The summed E-state index contributed by atoms with van der Waals surface area (Å²) in [6.45, 7) is 5.04. The predicted octanol–water partition coefficient (Wildman–Crippen LogP) is 4.52. The molecule has 3 fully saturated rings. The van der Waals surface area contributed by atoms with Crippen molar-refractivity contribution in [3.63, 3.8) is 0 Å². The van der Waals surface area contributed by atoms with Gasteiger partial charge in [0.2, 0.25) is 11.7 Å². The van der Waals surface area contributed by atoms with Gasteiger partial charge < -0.3 is 19.9 Å². The normalized spacial score (nSPS) is 32.1. The molecular weight excluding hydrogens is 590 g/mol. The molecule has 10 nitrogen and oxygen atoms in total. The summed E-state index contributed by atoms with van der Waals surface area (Å²) in [5.74, 6) is -2.53. The summed E-state index contributed by atoms with van der Waals surface area (Å²) in [5, 5.41) is 12.0. The maximum absolute atomic E-state index is 13.9. The van der Waals surface area contributed by atoms with Crippen LogP contribution < -0.4 is 5.32 Å². The van der Waals surface area contributed by atoms with Gasteiger partial charge >= 0.3 is 17.9 Å². The molecule has 2 N–H and O–H groups in total. The van der Waals surface area contributed by atoms with E-state index >= 15 is 0 Å². The van der Waals surface area contributed by atoms with Gasteiger partial charge in [0.25, 0.3) is 0 Å². The number of carbonyl (C=O) groups is 6. The van der Waals surface area contributed by atoms with Crippen molar-refractivity contribution < 1.29 is 43.3 Å². The largest absolute Gasteiger partial charge is 0.480 e. The molecule has 0 bridgehead atoms. The van der Waals surface area contributed by atoms with Crippen LogP contribution >= 0.6 is 0 Å². The molecule has 1 amide bonds. The van der Waals surface area contributed by atoms with Crippen LogP contribution in [0.5, 0.6) is 0 Å². The number of nitrogens with one attached hydrogen (secondary N) is 1. The van der Waals surface area contributed by atoms with Gasteiger partial charge in [0.05, 0.1) is 6.42 Å². The average Bonchev–Trinajstić information content (AvgIpc) is 3.31. The van der Waals surface area contributed by atoms with Crippen LogP contribution in [0.2, 0.25) is 0 Å². The van der Waals surface area contributed by atoms with Crippen molar-refractivity contribution in [2.75, 3.05) is 6.61 Å². The second-order valence-electron chi connectivity index (χ2n) is 14.1. The first-order chi connectivity index (χ1) is 21.8. The van der Waals surface area contributed by atoms with Gasteiger partial charge in [-0.1, -0.05) is 49.8 Å². The molecule has 0 aliphatic heterocycles. The second kappa shape index (κ2) is 13.1. The lowest BCUT2D eigenvalue weighted by molar-refractivity contribution is -0.191. The Morgan fingerprint density at radius 3 is 2.37 bits per heavy atom. The van der Waals surface area contributed by atoms with E-state index in [1.165, 1.54) is 12.5 Å². The van der Waals surface area contributed by atoms with Crippen LogP contribution in [0.15, 0.2) is 42.0 Å². The minimum absolute atomic E-state index is 0.0390. The van der Waals surface area contributed by atoms with Crippen LogP contribution in [-0.2, 0) is 44.7 Å². The molecule has 0 heterocycles. The molecule has 0 radical (unpaired) electrons. The van der Waals surface area contributed by atoms with E-state index in [9.17, 15) is 33.9 Å². The number of carboxylic acids is 1. The fraction of sp³-hybridized carbons (Fsp3) is 0.611. The Labute approximate surface area is 269 Å². The van der Waals surface area contributed by atoms with E-state index in [0.29, 0.717) is 37.5 Å². The Kier molecular flexibility index (Phi) is 9.57. The fourth-order valence-corrected chi connectivity index (χ4v) is 9.35. The highest BCUT2D eigenvalue weighted by Crippen LogP contribution is 2.68. The van der Waals surface area contributed by atoms with Crippen LogP contribution in [0, 0.1) is 28.6 Å². The van der Waals surface area contributed by atoms with E-state index < -0.39 is 53.3 Å². The number of hydrogen-bond acceptors (Lipinski definition) is 8. The predicted molar refractivity (Wildman–Crippen MR) is 166 cm³/mol. The molecule has 0 aromatic heterocycles. The number of fused-ring (bicyclic) bond motifs is 5. The Morgan fingerprint density at radius 2 is 1.67 bits per heavy atom. The summed E-state index contributed by atoms with van der Waals surface area (Å²) in [4.78, 5) is 75.4. The zero-order valence-corrected chi connectivity index (χ0v) is 27.0. The van der Waals surface area contributed by atoms with Gasteiger partial charge in [-0.2, -0.15) is 0 Å². The SMILES string of the molecule is CC(=O)O[C@]1(C(=O)COC(=O)CCC(=O)N[C@@H](Cc2ccccc2)C(=O)O)CC[C@H]2[C@@H]3CCC4=CC(=O)CC[C@]4(C)[C@H]3CC[C@@]21C. The molecule has 46 heavy (non-hydrogen) atoms. The Morgan fingerprint density at radius 1 is 0.957 bits per heavy atom. The van der Waals surface area contributed by atoms with Crippen molar-refractivity contribution >= 4 is 35.4 Å². The van der Waals surface area contributed by atoms with Gasteiger partial charge in [-0.3, -0.25) is 24.0 Å². The van der Waals surface area contributed by atoms with Crippen molar-refractivity contribution in [1.29, 1.82) is 0 Å². The number of esters is 2. The maximum Gasteiger partial charge on any atom is 0.326 e. The fourth-order valence-electron chi connectivity index (χ4n) is 9.35. The van der Waals surface area contributed by atoms with Gasteiger partial charge in [-0.05, 0) is 79.8 Å². The summed E-state index contributed by atoms with van der Waals surface area (Å²) in [5.41, 5.74) is -0.0868. The minimum atomic E-state index is -1.42. The maximum atomic E-state index is 13.9. The number of benzene rings is 1. The van der Waals surface area contributed by atoms with Crippen molar-refractivity contribution in [3.8, 4) is 0 Å². The Bertz CT molecular complexity index is 1440. The number of hydrogen-bond donors (Lipinski definition) is 2. The second-order valence-corrected chi connectivity index (χ2v) is 14.1.